The van der Waals surface area contributed by atoms with Crippen LogP contribution < -0.4 is 0 Å². The van der Waals surface area contributed by atoms with Crippen molar-refractivity contribution >= 4 is 0 Å². The van der Waals surface area contributed by atoms with Gasteiger partial charge in [0.1, 0.15) is 5.82 Å². The SMILES string of the molecule is N#Cc1cc(F)cc2c1CCCC2O. The van der Waals surface area contributed by atoms with Crippen LogP contribution in [0.15, 0.2) is 12.1 Å². The van der Waals surface area contributed by atoms with Gasteiger partial charge in [-0.15, -0.1) is 0 Å². The number of hydrogen-bond donors (Lipinski definition) is 1. The van der Waals surface area contributed by atoms with Gasteiger partial charge in [0.25, 0.3) is 0 Å². The van der Waals surface area contributed by atoms with Gasteiger partial charge in [-0.2, -0.15) is 5.26 Å². The fourth-order valence-electron chi connectivity index (χ4n) is 1.96. The van der Waals surface area contributed by atoms with E-state index in [2.05, 4.69) is 0 Å². The minimum Gasteiger partial charge on any atom is -0.388 e. The van der Waals surface area contributed by atoms with Crippen molar-refractivity contribution in [3.8, 4) is 6.07 Å². The first-order valence-electron chi connectivity index (χ1n) is 4.63. The van der Waals surface area contributed by atoms with E-state index in [1.165, 1.54) is 12.1 Å². The summed E-state index contributed by atoms with van der Waals surface area (Å²) in [5, 5.41) is 18.4. The van der Waals surface area contributed by atoms with Gasteiger partial charge in [-0.25, -0.2) is 4.39 Å². The van der Waals surface area contributed by atoms with Gasteiger partial charge < -0.3 is 5.11 Å². The summed E-state index contributed by atoms with van der Waals surface area (Å²) in [5.74, 6) is -0.443. The molecule has 0 saturated heterocycles. The van der Waals surface area contributed by atoms with Gasteiger partial charge in [0, 0.05) is 0 Å². The van der Waals surface area contributed by atoms with Crippen LogP contribution >= 0.6 is 0 Å². The van der Waals surface area contributed by atoms with Crippen LogP contribution in [0.1, 0.15) is 35.6 Å². The zero-order chi connectivity index (χ0) is 10.1. The van der Waals surface area contributed by atoms with Crippen molar-refractivity contribution in [2.75, 3.05) is 0 Å². The highest BCUT2D eigenvalue weighted by atomic mass is 19.1. The molecule has 1 aliphatic carbocycles. The Hall–Kier alpha value is -1.40. The molecule has 0 aromatic heterocycles. The molecule has 0 aliphatic heterocycles. The van der Waals surface area contributed by atoms with Crippen LogP contribution in [0.3, 0.4) is 0 Å². The van der Waals surface area contributed by atoms with E-state index in [0.29, 0.717) is 17.5 Å². The van der Waals surface area contributed by atoms with Gasteiger partial charge in [0.2, 0.25) is 0 Å². The first-order chi connectivity index (χ1) is 6.72. The molecule has 0 heterocycles. The van der Waals surface area contributed by atoms with E-state index in [-0.39, 0.29) is 0 Å². The predicted octanol–water partition coefficient (Wildman–Crippen LogP) is 2.07. The third-order valence-corrected chi connectivity index (χ3v) is 2.63. The van der Waals surface area contributed by atoms with E-state index < -0.39 is 11.9 Å². The molecule has 1 unspecified atom stereocenters. The molecule has 0 bridgehead atoms. The predicted molar refractivity (Wildman–Crippen MR) is 49.0 cm³/mol. The van der Waals surface area contributed by atoms with Gasteiger partial charge in [0.15, 0.2) is 0 Å². The van der Waals surface area contributed by atoms with Crippen LogP contribution in [0.25, 0.3) is 0 Å². The molecule has 0 saturated carbocycles. The summed E-state index contributed by atoms with van der Waals surface area (Å²) < 4.78 is 13.1. The maximum Gasteiger partial charge on any atom is 0.124 e. The standard InChI is InChI=1S/C11H10FNO/c12-8-4-7(6-13)9-2-1-3-11(14)10(9)5-8/h4-5,11,14H,1-3H2. The van der Waals surface area contributed by atoms with Crippen molar-refractivity contribution in [2.24, 2.45) is 0 Å². The zero-order valence-corrected chi connectivity index (χ0v) is 7.63. The second kappa shape index (κ2) is 3.39. The molecule has 0 fully saturated rings. The van der Waals surface area contributed by atoms with Crippen LogP contribution in [-0.4, -0.2) is 5.11 Å². The summed E-state index contributed by atoms with van der Waals surface area (Å²) >= 11 is 0. The Morgan fingerprint density at radius 1 is 1.50 bits per heavy atom. The maximum absolute atomic E-state index is 13.1. The fourth-order valence-corrected chi connectivity index (χ4v) is 1.96. The van der Waals surface area contributed by atoms with E-state index in [1.807, 2.05) is 6.07 Å². The smallest absolute Gasteiger partial charge is 0.124 e. The Morgan fingerprint density at radius 2 is 2.29 bits per heavy atom. The van der Waals surface area contributed by atoms with E-state index in [1.54, 1.807) is 0 Å². The van der Waals surface area contributed by atoms with E-state index in [9.17, 15) is 9.50 Å². The lowest BCUT2D eigenvalue weighted by Crippen LogP contribution is -2.11. The van der Waals surface area contributed by atoms with E-state index in [0.717, 1.165) is 18.4 Å². The van der Waals surface area contributed by atoms with Gasteiger partial charge in [0.05, 0.1) is 17.7 Å². The van der Waals surface area contributed by atoms with E-state index >= 15 is 0 Å². The lowest BCUT2D eigenvalue weighted by Gasteiger charge is -2.21. The number of fused-ring (bicyclic) bond motifs is 1. The lowest BCUT2D eigenvalue weighted by molar-refractivity contribution is 0.156. The van der Waals surface area contributed by atoms with Crippen molar-refractivity contribution in [1.82, 2.24) is 0 Å². The van der Waals surface area contributed by atoms with Crippen molar-refractivity contribution in [1.29, 1.82) is 5.26 Å². The van der Waals surface area contributed by atoms with Gasteiger partial charge in [-0.05, 0) is 42.5 Å². The zero-order valence-electron chi connectivity index (χ0n) is 7.63. The summed E-state index contributed by atoms with van der Waals surface area (Å²) in [6.07, 6.45) is 1.66. The van der Waals surface area contributed by atoms with Crippen molar-refractivity contribution < 1.29 is 9.50 Å². The molecule has 1 aromatic rings. The largest absolute Gasteiger partial charge is 0.388 e. The third kappa shape index (κ3) is 1.38. The van der Waals surface area contributed by atoms with Crippen LogP contribution in [0.2, 0.25) is 0 Å². The highest BCUT2D eigenvalue weighted by molar-refractivity contribution is 5.45. The molecule has 3 heteroatoms. The molecule has 14 heavy (non-hydrogen) atoms. The lowest BCUT2D eigenvalue weighted by atomic mass is 9.86. The number of rotatable bonds is 0. The van der Waals surface area contributed by atoms with Crippen LogP contribution in [0, 0.1) is 17.1 Å². The van der Waals surface area contributed by atoms with Crippen molar-refractivity contribution in [2.45, 2.75) is 25.4 Å². The summed E-state index contributed by atoms with van der Waals surface area (Å²) in [6, 6.07) is 4.53. The first-order valence-corrected chi connectivity index (χ1v) is 4.63. The van der Waals surface area contributed by atoms with Crippen LogP contribution in [0.5, 0.6) is 0 Å². The van der Waals surface area contributed by atoms with Gasteiger partial charge in [-0.1, -0.05) is 0 Å². The summed E-state index contributed by atoms with van der Waals surface area (Å²) in [5.41, 5.74) is 1.76. The Morgan fingerprint density at radius 3 is 3.00 bits per heavy atom. The quantitative estimate of drug-likeness (QED) is 0.682. The minimum absolute atomic E-state index is 0.360. The number of halogens is 1. The van der Waals surface area contributed by atoms with Crippen LogP contribution in [0.4, 0.5) is 4.39 Å². The Bertz CT molecular complexity index is 408. The Balaban J connectivity index is 2.62. The number of aliphatic hydroxyl groups excluding tert-OH is 1. The topological polar surface area (TPSA) is 44.0 Å². The average Bonchev–Trinajstić information content (AvgIpc) is 2.18. The highest BCUT2D eigenvalue weighted by Crippen LogP contribution is 2.32. The summed E-state index contributed by atoms with van der Waals surface area (Å²) in [6.45, 7) is 0. The minimum atomic E-state index is -0.610. The van der Waals surface area contributed by atoms with E-state index in [4.69, 9.17) is 5.26 Å². The number of hydrogen-bond acceptors (Lipinski definition) is 2. The van der Waals surface area contributed by atoms with Crippen molar-refractivity contribution in [3.63, 3.8) is 0 Å². The molecule has 0 spiro atoms. The molecule has 1 N–H and O–H groups in total. The molecule has 1 aromatic carbocycles. The maximum atomic E-state index is 13.1. The highest BCUT2D eigenvalue weighted by Gasteiger charge is 2.21. The Labute approximate surface area is 81.6 Å². The summed E-state index contributed by atoms with van der Waals surface area (Å²) in [4.78, 5) is 0. The number of benzene rings is 1. The molecule has 2 rings (SSSR count). The molecular formula is C11H10FNO. The van der Waals surface area contributed by atoms with Gasteiger partial charge in [-0.3, -0.25) is 0 Å². The van der Waals surface area contributed by atoms with Crippen LogP contribution in [-0.2, 0) is 6.42 Å². The summed E-state index contributed by atoms with van der Waals surface area (Å²) in [7, 11) is 0. The monoisotopic (exact) mass is 191 g/mol. The van der Waals surface area contributed by atoms with Crippen molar-refractivity contribution in [3.05, 3.63) is 34.6 Å². The first kappa shape index (κ1) is 9.17. The molecule has 0 amide bonds. The fraction of sp³-hybridized carbons (Fsp3) is 0.364. The van der Waals surface area contributed by atoms with Gasteiger partial charge >= 0.3 is 0 Å². The molecule has 2 nitrogen and oxygen atoms in total. The number of nitrogens with zero attached hydrogens (tertiary/aromatic N) is 1. The number of aliphatic hydroxyl groups is 1. The molecule has 1 aliphatic rings. The Kier molecular flexibility index (Phi) is 2.22. The second-order valence-corrected chi connectivity index (χ2v) is 3.54. The molecule has 72 valence electrons. The second-order valence-electron chi connectivity index (χ2n) is 3.54. The number of nitriles is 1. The average molecular weight is 191 g/mol. The molecular weight excluding hydrogens is 181 g/mol. The molecule has 0 radical (unpaired) electrons. The molecule has 1 atom stereocenters. The third-order valence-electron chi connectivity index (χ3n) is 2.63. The normalized spacial score (nSPS) is 19.9.